The van der Waals surface area contributed by atoms with Gasteiger partial charge in [0, 0.05) is 23.5 Å². The zero-order chi connectivity index (χ0) is 20.1. The minimum absolute atomic E-state index is 0.0558. The molecular weight excluding hydrogens is 373 g/mol. The van der Waals surface area contributed by atoms with Crippen LogP contribution in [0.4, 0.5) is 30.4 Å². The monoisotopic (exact) mass is 388 g/mol. The molecule has 0 saturated carbocycles. The van der Waals surface area contributed by atoms with Crippen LogP contribution < -0.4 is 15.4 Å². The van der Waals surface area contributed by atoms with Crippen LogP contribution in [0.25, 0.3) is 0 Å². The third-order valence-corrected chi connectivity index (χ3v) is 3.71. The Bertz CT molecular complexity index is 975. The van der Waals surface area contributed by atoms with Gasteiger partial charge >= 0.3 is 6.18 Å². The lowest BCUT2D eigenvalue weighted by Gasteiger charge is -2.10. The highest BCUT2D eigenvalue weighted by atomic mass is 19.4. The van der Waals surface area contributed by atoms with Crippen LogP contribution in [0.15, 0.2) is 60.9 Å². The summed E-state index contributed by atoms with van der Waals surface area (Å²) < 4.78 is 42.9. The number of halogens is 3. The van der Waals surface area contributed by atoms with Gasteiger partial charge in [-0.2, -0.15) is 13.2 Å². The summed E-state index contributed by atoms with van der Waals surface area (Å²) in [6.45, 7) is 0. The molecule has 144 valence electrons. The molecule has 0 radical (unpaired) electrons. The van der Waals surface area contributed by atoms with Gasteiger partial charge in [-0.05, 0) is 36.4 Å². The lowest BCUT2D eigenvalue weighted by atomic mass is 10.2. The van der Waals surface area contributed by atoms with E-state index < -0.39 is 17.6 Å². The standard InChI is InChI=1S/C19H15F3N4O2/c1-28-15-4-2-3-14(9-15)25-17-10-16(23-11-24-17)18(27)26-13-7-5-12(6-8-13)19(20,21)22/h2-11H,1H3,(H,26,27)(H,23,24,25). The van der Waals surface area contributed by atoms with Crippen molar-refractivity contribution in [3.8, 4) is 5.75 Å². The molecule has 0 aliphatic rings. The molecule has 3 rings (SSSR count). The summed E-state index contributed by atoms with van der Waals surface area (Å²) in [4.78, 5) is 20.3. The van der Waals surface area contributed by atoms with Crippen molar-refractivity contribution in [1.82, 2.24) is 9.97 Å². The zero-order valence-corrected chi connectivity index (χ0v) is 14.6. The summed E-state index contributed by atoms with van der Waals surface area (Å²) in [6.07, 6.45) is -3.22. The van der Waals surface area contributed by atoms with Gasteiger partial charge in [0.05, 0.1) is 12.7 Å². The fraction of sp³-hybridized carbons (Fsp3) is 0.105. The third-order valence-electron chi connectivity index (χ3n) is 3.71. The van der Waals surface area contributed by atoms with Crippen LogP contribution in [0.1, 0.15) is 16.1 Å². The fourth-order valence-electron chi connectivity index (χ4n) is 2.34. The first-order valence-corrected chi connectivity index (χ1v) is 8.07. The minimum Gasteiger partial charge on any atom is -0.497 e. The number of alkyl halides is 3. The Morgan fingerprint density at radius 3 is 2.43 bits per heavy atom. The van der Waals surface area contributed by atoms with Gasteiger partial charge in [-0.15, -0.1) is 0 Å². The largest absolute Gasteiger partial charge is 0.497 e. The van der Waals surface area contributed by atoms with Crippen LogP contribution in [-0.4, -0.2) is 23.0 Å². The van der Waals surface area contributed by atoms with E-state index in [-0.39, 0.29) is 11.4 Å². The average molecular weight is 388 g/mol. The van der Waals surface area contributed by atoms with Gasteiger partial charge in [0.15, 0.2) is 0 Å². The molecular formula is C19H15F3N4O2. The maximum absolute atomic E-state index is 12.6. The minimum atomic E-state index is -4.43. The van der Waals surface area contributed by atoms with Crippen molar-refractivity contribution in [3.05, 3.63) is 72.2 Å². The normalized spacial score (nSPS) is 11.0. The highest BCUT2D eigenvalue weighted by molar-refractivity contribution is 6.03. The van der Waals surface area contributed by atoms with E-state index in [9.17, 15) is 18.0 Å². The smallest absolute Gasteiger partial charge is 0.416 e. The maximum atomic E-state index is 12.6. The van der Waals surface area contributed by atoms with Gasteiger partial charge in [0.2, 0.25) is 0 Å². The van der Waals surface area contributed by atoms with E-state index in [1.54, 1.807) is 31.4 Å². The number of aromatic nitrogens is 2. The maximum Gasteiger partial charge on any atom is 0.416 e. The topological polar surface area (TPSA) is 76.1 Å². The first-order chi connectivity index (χ1) is 13.3. The number of nitrogens with one attached hydrogen (secondary N) is 2. The van der Waals surface area contributed by atoms with Gasteiger partial charge in [-0.25, -0.2) is 9.97 Å². The molecule has 2 aromatic carbocycles. The molecule has 0 unspecified atom stereocenters. The summed E-state index contributed by atoms with van der Waals surface area (Å²) in [5, 5.41) is 5.53. The predicted octanol–water partition coefficient (Wildman–Crippen LogP) is 4.50. The second-order valence-corrected chi connectivity index (χ2v) is 5.67. The van der Waals surface area contributed by atoms with E-state index in [4.69, 9.17) is 4.74 Å². The van der Waals surface area contributed by atoms with Crippen molar-refractivity contribution >= 4 is 23.1 Å². The number of rotatable bonds is 5. The van der Waals surface area contributed by atoms with Gasteiger partial charge < -0.3 is 15.4 Å². The van der Waals surface area contributed by atoms with E-state index in [0.29, 0.717) is 17.3 Å². The summed E-state index contributed by atoms with van der Waals surface area (Å²) in [5.41, 5.74) is 0.184. The molecule has 1 aromatic heterocycles. The van der Waals surface area contributed by atoms with Crippen molar-refractivity contribution in [1.29, 1.82) is 0 Å². The molecule has 6 nitrogen and oxygen atoms in total. The van der Waals surface area contributed by atoms with Crippen molar-refractivity contribution in [3.63, 3.8) is 0 Å². The van der Waals surface area contributed by atoms with E-state index >= 15 is 0 Å². The van der Waals surface area contributed by atoms with Gasteiger partial charge in [0.25, 0.3) is 5.91 Å². The Balaban J connectivity index is 1.71. The van der Waals surface area contributed by atoms with E-state index in [0.717, 1.165) is 12.1 Å². The van der Waals surface area contributed by atoms with Gasteiger partial charge in [-0.1, -0.05) is 6.07 Å². The number of hydrogen-bond acceptors (Lipinski definition) is 5. The number of nitrogens with zero attached hydrogens (tertiary/aromatic N) is 2. The van der Waals surface area contributed by atoms with Gasteiger partial charge in [0.1, 0.15) is 23.6 Å². The van der Waals surface area contributed by atoms with Crippen molar-refractivity contribution in [2.75, 3.05) is 17.7 Å². The summed E-state index contributed by atoms with van der Waals surface area (Å²) in [6, 6.07) is 12.7. The molecule has 3 aromatic rings. The van der Waals surface area contributed by atoms with Gasteiger partial charge in [-0.3, -0.25) is 4.79 Å². The lowest BCUT2D eigenvalue weighted by Crippen LogP contribution is -2.14. The molecule has 0 aliphatic heterocycles. The van der Waals surface area contributed by atoms with Crippen molar-refractivity contribution in [2.45, 2.75) is 6.18 Å². The number of hydrogen-bond donors (Lipinski definition) is 2. The molecule has 0 saturated heterocycles. The van der Waals surface area contributed by atoms with E-state index in [1.165, 1.54) is 24.5 Å². The molecule has 1 amide bonds. The van der Waals surface area contributed by atoms with Crippen molar-refractivity contribution in [2.24, 2.45) is 0 Å². The summed E-state index contributed by atoms with van der Waals surface area (Å²) >= 11 is 0. The molecule has 28 heavy (non-hydrogen) atoms. The third kappa shape index (κ3) is 4.76. The molecule has 0 fully saturated rings. The van der Waals surface area contributed by atoms with Crippen LogP contribution in [0.2, 0.25) is 0 Å². The molecule has 0 atom stereocenters. The van der Waals surface area contributed by atoms with Crippen LogP contribution in [0.5, 0.6) is 5.75 Å². The SMILES string of the molecule is COc1cccc(Nc2cc(C(=O)Nc3ccc(C(F)(F)F)cc3)ncn2)c1. The molecule has 0 bridgehead atoms. The van der Waals surface area contributed by atoms with Crippen LogP contribution >= 0.6 is 0 Å². The molecule has 2 N–H and O–H groups in total. The number of methoxy groups -OCH3 is 1. The fourth-order valence-corrected chi connectivity index (χ4v) is 2.34. The quantitative estimate of drug-likeness (QED) is 0.673. The number of carbonyl (C=O) groups is 1. The number of carbonyl (C=O) groups excluding carboxylic acids is 1. The Kier molecular flexibility index (Phi) is 5.44. The number of benzene rings is 2. The highest BCUT2D eigenvalue weighted by Gasteiger charge is 2.30. The zero-order valence-electron chi connectivity index (χ0n) is 14.6. The Hall–Kier alpha value is -3.62. The first kappa shape index (κ1) is 19.2. The second kappa shape index (κ2) is 7.95. The van der Waals surface area contributed by atoms with E-state index in [2.05, 4.69) is 20.6 Å². The van der Waals surface area contributed by atoms with Crippen LogP contribution in [-0.2, 0) is 6.18 Å². The molecule has 0 spiro atoms. The van der Waals surface area contributed by atoms with Crippen LogP contribution in [0.3, 0.4) is 0 Å². The van der Waals surface area contributed by atoms with Crippen LogP contribution in [0, 0.1) is 0 Å². The highest BCUT2D eigenvalue weighted by Crippen LogP contribution is 2.30. The Morgan fingerprint density at radius 2 is 1.75 bits per heavy atom. The molecule has 0 aliphatic carbocycles. The first-order valence-electron chi connectivity index (χ1n) is 8.07. The number of ether oxygens (including phenoxy) is 1. The Morgan fingerprint density at radius 1 is 1.00 bits per heavy atom. The van der Waals surface area contributed by atoms with E-state index in [1.807, 2.05) is 0 Å². The lowest BCUT2D eigenvalue weighted by molar-refractivity contribution is -0.137. The molecule has 9 heteroatoms. The average Bonchev–Trinajstić information content (AvgIpc) is 2.68. The second-order valence-electron chi connectivity index (χ2n) is 5.67. The predicted molar refractivity (Wildman–Crippen MR) is 97.7 cm³/mol. The summed E-state index contributed by atoms with van der Waals surface area (Å²) in [5.74, 6) is 0.455. The summed E-state index contributed by atoms with van der Waals surface area (Å²) in [7, 11) is 1.55. The van der Waals surface area contributed by atoms with Crippen molar-refractivity contribution < 1.29 is 22.7 Å². The number of amides is 1. The Labute approximate surface area is 158 Å². The number of anilines is 3. The molecule has 1 heterocycles.